The average molecular weight is 347 g/mol. The number of rotatable bonds is 6. The van der Waals surface area contributed by atoms with Gasteiger partial charge < -0.3 is 10.1 Å². The van der Waals surface area contributed by atoms with Gasteiger partial charge in [-0.15, -0.1) is 0 Å². The predicted octanol–water partition coefficient (Wildman–Crippen LogP) is 4.30. The molecule has 2 rings (SSSR count). The third kappa shape index (κ3) is 4.82. The van der Waals surface area contributed by atoms with Gasteiger partial charge >= 0.3 is 0 Å². The summed E-state index contributed by atoms with van der Waals surface area (Å²) in [5.74, 6) is 0.355. The van der Waals surface area contributed by atoms with E-state index in [9.17, 15) is 14.9 Å². The van der Waals surface area contributed by atoms with Crippen molar-refractivity contribution in [2.24, 2.45) is 0 Å². The standard InChI is InChI=1S/C17H15ClN2O4/c1-2-24-14-7-3-12(4-8-14)5-10-17(21)19-13-6-9-15(18)16(11-13)20(22)23/h3-11H,2H2,1H3,(H,19,21)/b10-5+. The van der Waals surface area contributed by atoms with Gasteiger partial charge in [0.15, 0.2) is 0 Å². The lowest BCUT2D eigenvalue weighted by Gasteiger charge is -2.03. The van der Waals surface area contributed by atoms with Crippen LogP contribution in [-0.2, 0) is 4.79 Å². The van der Waals surface area contributed by atoms with Crippen molar-refractivity contribution in [3.05, 3.63) is 69.2 Å². The van der Waals surface area contributed by atoms with Gasteiger partial charge in [0.1, 0.15) is 10.8 Å². The van der Waals surface area contributed by atoms with Gasteiger partial charge in [0, 0.05) is 17.8 Å². The van der Waals surface area contributed by atoms with E-state index in [1.807, 2.05) is 31.2 Å². The first-order valence-corrected chi connectivity index (χ1v) is 7.53. The number of carbonyl (C=O) groups excluding carboxylic acids is 1. The van der Waals surface area contributed by atoms with E-state index in [1.54, 1.807) is 6.08 Å². The van der Waals surface area contributed by atoms with Gasteiger partial charge in [-0.3, -0.25) is 14.9 Å². The van der Waals surface area contributed by atoms with Crippen molar-refractivity contribution in [2.45, 2.75) is 6.92 Å². The molecule has 1 amide bonds. The van der Waals surface area contributed by atoms with Crippen molar-refractivity contribution in [1.29, 1.82) is 0 Å². The van der Waals surface area contributed by atoms with E-state index >= 15 is 0 Å². The number of hydrogen-bond acceptors (Lipinski definition) is 4. The van der Waals surface area contributed by atoms with Crippen LogP contribution < -0.4 is 10.1 Å². The summed E-state index contributed by atoms with van der Waals surface area (Å²) in [5.41, 5.74) is 0.869. The highest BCUT2D eigenvalue weighted by atomic mass is 35.5. The SMILES string of the molecule is CCOc1ccc(/C=C/C(=O)Nc2ccc(Cl)c([N+](=O)[O-])c2)cc1. The Morgan fingerprint density at radius 3 is 2.62 bits per heavy atom. The Morgan fingerprint density at radius 2 is 2.00 bits per heavy atom. The molecule has 0 spiro atoms. The Hall–Kier alpha value is -2.86. The number of nitrogens with one attached hydrogen (secondary N) is 1. The predicted molar refractivity (Wildman–Crippen MR) is 93.4 cm³/mol. The Morgan fingerprint density at radius 1 is 1.29 bits per heavy atom. The number of halogens is 1. The Bertz CT molecular complexity index is 773. The van der Waals surface area contributed by atoms with Crippen LogP contribution in [0.3, 0.4) is 0 Å². The molecular formula is C17H15ClN2O4. The van der Waals surface area contributed by atoms with E-state index in [4.69, 9.17) is 16.3 Å². The molecule has 0 saturated carbocycles. The van der Waals surface area contributed by atoms with E-state index < -0.39 is 10.8 Å². The van der Waals surface area contributed by atoms with Crippen LogP contribution in [0.2, 0.25) is 5.02 Å². The maximum atomic E-state index is 11.9. The number of nitro groups is 1. The molecule has 0 aromatic heterocycles. The maximum Gasteiger partial charge on any atom is 0.289 e. The molecule has 0 heterocycles. The number of anilines is 1. The quantitative estimate of drug-likeness (QED) is 0.480. The summed E-state index contributed by atoms with van der Waals surface area (Å²) in [5, 5.41) is 13.4. The number of amides is 1. The Labute approximate surface area is 143 Å². The summed E-state index contributed by atoms with van der Waals surface area (Å²) >= 11 is 5.73. The molecule has 2 aromatic carbocycles. The zero-order valence-electron chi connectivity index (χ0n) is 12.9. The van der Waals surface area contributed by atoms with Gasteiger partial charge in [-0.25, -0.2) is 0 Å². The van der Waals surface area contributed by atoms with Gasteiger partial charge in [-0.2, -0.15) is 0 Å². The highest BCUT2D eigenvalue weighted by Gasteiger charge is 2.13. The fourth-order valence-corrected chi connectivity index (χ4v) is 2.11. The lowest BCUT2D eigenvalue weighted by Crippen LogP contribution is -2.08. The van der Waals surface area contributed by atoms with Gasteiger partial charge in [0.2, 0.25) is 5.91 Å². The molecule has 0 aliphatic heterocycles. The molecule has 0 aliphatic rings. The van der Waals surface area contributed by atoms with Crippen LogP contribution in [0.25, 0.3) is 6.08 Å². The summed E-state index contributed by atoms with van der Waals surface area (Å²) in [7, 11) is 0. The highest BCUT2D eigenvalue weighted by molar-refractivity contribution is 6.32. The third-order valence-electron chi connectivity index (χ3n) is 3.03. The molecule has 7 heteroatoms. The molecule has 6 nitrogen and oxygen atoms in total. The topological polar surface area (TPSA) is 81.5 Å². The van der Waals surface area contributed by atoms with Gasteiger partial charge in [-0.1, -0.05) is 23.7 Å². The molecule has 0 atom stereocenters. The van der Waals surface area contributed by atoms with Crippen molar-refractivity contribution in [3.63, 3.8) is 0 Å². The first-order valence-electron chi connectivity index (χ1n) is 7.15. The fourth-order valence-electron chi connectivity index (χ4n) is 1.93. The van der Waals surface area contributed by atoms with Gasteiger partial charge in [0.25, 0.3) is 5.69 Å². The molecule has 0 saturated heterocycles. The monoisotopic (exact) mass is 346 g/mol. The van der Waals surface area contributed by atoms with Crippen molar-refractivity contribution in [3.8, 4) is 5.75 Å². The molecular weight excluding hydrogens is 332 g/mol. The molecule has 0 radical (unpaired) electrons. The normalized spacial score (nSPS) is 10.6. The molecule has 0 fully saturated rings. The zero-order valence-corrected chi connectivity index (χ0v) is 13.6. The number of hydrogen-bond donors (Lipinski definition) is 1. The molecule has 0 unspecified atom stereocenters. The van der Waals surface area contributed by atoms with Crippen LogP contribution >= 0.6 is 11.6 Å². The van der Waals surface area contributed by atoms with Crippen molar-refractivity contribution in [1.82, 2.24) is 0 Å². The Kier molecular flexibility index (Phi) is 5.92. The van der Waals surface area contributed by atoms with E-state index in [0.29, 0.717) is 12.3 Å². The summed E-state index contributed by atoms with van der Waals surface area (Å²) in [6.45, 7) is 2.49. The summed E-state index contributed by atoms with van der Waals surface area (Å²) < 4.78 is 5.34. The highest BCUT2D eigenvalue weighted by Crippen LogP contribution is 2.27. The van der Waals surface area contributed by atoms with Crippen LogP contribution in [0.15, 0.2) is 48.5 Å². The van der Waals surface area contributed by atoms with Crippen molar-refractivity contribution >= 4 is 35.0 Å². The van der Waals surface area contributed by atoms with Crippen LogP contribution in [0.5, 0.6) is 5.75 Å². The Balaban J connectivity index is 2.02. The minimum Gasteiger partial charge on any atom is -0.494 e. The van der Waals surface area contributed by atoms with Crippen LogP contribution in [-0.4, -0.2) is 17.4 Å². The van der Waals surface area contributed by atoms with Crippen LogP contribution in [0.1, 0.15) is 12.5 Å². The van der Waals surface area contributed by atoms with E-state index in [0.717, 1.165) is 11.3 Å². The first-order chi connectivity index (χ1) is 11.5. The zero-order chi connectivity index (χ0) is 17.5. The lowest BCUT2D eigenvalue weighted by molar-refractivity contribution is -0.384. The second-order valence-electron chi connectivity index (χ2n) is 4.75. The minimum atomic E-state index is -0.603. The molecule has 1 N–H and O–H groups in total. The number of carbonyl (C=O) groups is 1. The van der Waals surface area contributed by atoms with Crippen molar-refractivity contribution < 1.29 is 14.5 Å². The largest absolute Gasteiger partial charge is 0.494 e. The fraction of sp³-hybridized carbons (Fsp3) is 0.118. The van der Waals surface area contributed by atoms with Gasteiger partial charge in [0.05, 0.1) is 11.5 Å². The van der Waals surface area contributed by atoms with Crippen LogP contribution in [0.4, 0.5) is 11.4 Å². The number of nitro benzene ring substituents is 1. The van der Waals surface area contributed by atoms with Crippen LogP contribution in [0, 0.1) is 10.1 Å². The molecule has 0 bridgehead atoms. The maximum absolute atomic E-state index is 11.9. The third-order valence-corrected chi connectivity index (χ3v) is 3.35. The molecule has 0 aliphatic carbocycles. The van der Waals surface area contributed by atoms with E-state index in [2.05, 4.69) is 5.32 Å². The van der Waals surface area contributed by atoms with Gasteiger partial charge in [-0.05, 0) is 42.8 Å². The second kappa shape index (κ2) is 8.12. The van der Waals surface area contributed by atoms with E-state index in [-0.39, 0.29) is 10.7 Å². The lowest BCUT2D eigenvalue weighted by atomic mass is 10.2. The number of ether oxygens (including phenoxy) is 1. The average Bonchev–Trinajstić information content (AvgIpc) is 2.56. The summed E-state index contributed by atoms with van der Waals surface area (Å²) in [6, 6.07) is 11.3. The molecule has 24 heavy (non-hydrogen) atoms. The molecule has 2 aromatic rings. The van der Waals surface area contributed by atoms with Crippen molar-refractivity contribution in [2.75, 3.05) is 11.9 Å². The first kappa shape index (κ1) is 17.5. The second-order valence-corrected chi connectivity index (χ2v) is 5.16. The smallest absolute Gasteiger partial charge is 0.289 e. The summed E-state index contributed by atoms with van der Waals surface area (Å²) in [6.07, 6.45) is 2.98. The number of benzene rings is 2. The number of nitrogens with zero attached hydrogens (tertiary/aromatic N) is 1. The summed E-state index contributed by atoms with van der Waals surface area (Å²) in [4.78, 5) is 22.1. The minimum absolute atomic E-state index is 0.0166. The van der Waals surface area contributed by atoms with E-state index in [1.165, 1.54) is 24.3 Å². The molecule has 124 valence electrons.